The van der Waals surface area contributed by atoms with Gasteiger partial charge in [-0.25, -0.2) is 9.97 Å². The molecule has 39 heavy (non-hydrogen) atoms. The molecule has 7 nitrogen and oxygen atoms in total. The number of nitrogens with one attached hydrogen (secondary N) is 2. The summed E-state index contributed by atoms with van der Waals surface area (Å²) in [5, 5.41) is 7.62. The van der Waals surface area contributed by atoms with Gasteiger partial charge in [0.1, 0.15) is 11.3 Å². The summed E-state index contributed by atoms with van der Waals surface area (Å²) < 4.78 is 17.3. The van der Waals surface area contributed by atoms with Crippen molar-refractivity contribution in [2.24, 2.45) is 13.0 Å². The molecule has 1 fully saturated rings. The van der Waals surface area contributed by atoms with Crippen LogP contribution in [0.5, 0.6) is 0 Å². The van der Waals surface area contributed by atoms with Gasteiger partial charge in [0.25, 0.3) is 5.56 Å². The number of fused-ring (bicyclic) bond motifs is 1. The van der Waals surface area contributed by atoms with Crippen LogP contribution < -0.4 is 16.2 Å². The molecule has 3 aromatic heterocycles. The summed E-state index contributed by atoms with van der Waals surface area (Å²) in [5.74, 6) is 1.38. The molecule has 0 radical (unpaired) electrons. The third kappa shape index (κ3) is 5.02. The summed E-state index contributed by atoms with van der Waals surface area (Å²) in [5.41, 5.74) is 3.91. The van der Waals surface area contributed by atoms with Crippen molar-refractivity contribution < 1.29 is 4.39 Å². The average Bonchev–Trinajstić information content (AvgIpc) is 3.51. The van der Waals surface area contributed by atoms with Crippen molar-refractivity contribution in [2.45, 2.75) is 38.8 Å². The fraction of sp³-hybridized carbons (Fsp3) is 0.258. The molecule has 5 aromatic rings. The lowest BCUT2D eigenvalue weighted by atomic mass is 10.1. The Kier molecular flexibility index (Phi) is 6.60. The van der Waals surface area contributed by atoms with E-state index in [9.17, 15) is 9.18 Å². The number of hydrogen-bond acceptors (Lipinski definition) is 5. The highest BCUT2D eigenvalue weighted by Crippen LogP contribution is 2.31. The second-order valence-electron chi connectivity index (χ2n) is 10.4. The van der Waals surface area contributed by atoms with Crippen molar-refractivity contribution in [3.63, 3.8) is 0 Å². The minimum absolute atomic E-state index is 0.0875. The fourth-order valence-electron chi connectivity index (χ4n) is 5.39. The van der Waals surface area contributed by atoms with Crippen molar-refractivity contribution in [1.29, 1.82) is 0 Å². The molecule has 0 bridgehead atoms. The summed E-state index contributed by atoms with van der Waals surface area (Å²) in [6.07, 6.45) is 5.31. The molecular weight excluding hydrogens is 491 g/mol. The zero-order chi connectivity index (χ0) is 26.9. The Hall–Kier alpha value is -4.46. The Labute approximate surface area is 226 Å². The predicted molar refractivity (Wildman–Crippen MR) is 154 cm³/mol. The largest absolute Gasteiger partial charge is 0.353 e. The van der Waals surface area contributed by atoms with Gasteiger partial charge in [-0.15, -0.1) is 0 Å². The monoisotopic (exact) mass is 522 g/mol. The van der Waals surface area contributed by atoms with Gasteiger partial charge >= 0.3 is 0 Å². The minimum Gasteiger partial charge on any atom is -0.353 e. The normalized spacial score (nSPS) is 17.0. The molecular formula is C31H31FN6O. The third-order valence-electron chi connectivity index (χ3n) is 7.65. The van der Waals surface area contributed by atoms with Gasteiger partial charge in [-0.05, 0) is 48.6 Å². The molecule has 8 heteroatoms. The number of pyridine rings is 1. The first kappa shape index (κ1) is 24.9. The molecule has 0 amide bonds. The summed E-state index contributed by atoms with van der Waals surface area (Å²) in [7, 11) is 1.78. The van der Waals surface area contributed by atoms with Crippen LogP contribution >= 0.6 is 0 Å². The van der Waals surface area contributed by atoms with Crippen LogP contribution in [0.2, 0.25) is 0 Å². The van der Waals surface area contributed by atoms with E-state index < -0.39 is 5.95 Å². The first-order valence-corrected chi connectivity index (χ1v) is 13.4. The second kappa shape index (κ2) is 10.4. The van der Waals surface area contributed by atoms with E-state index in [-0.39, 0.29) is 5.56 Å². The van der Waals surface area contributed by atoms with Crippen molar-refractivity contribution in [3.05, 3.63) is 101 Å². The first-order chi connectivity index (χ1) is 19.0. The predicted octanol–water partition coefficient (Wildman–Crippen LogP) is 6.33. The number of hydrogen-bond donors (Lipinski definition) is 2. The lowest BCUT2D eigenvalue weighted by Gasteiger charge is -2.19. The van der Waals surface area contributed by atoms with Gasteiger partial charge in [-0.1, -0.05) is 61.9 Å². The fourth-order valence-corrected chi connectivity index (χ4v) is 5.39. The SMILES string of the molecule is C[C@H]1CCC[C@H]1Nc1nc2c(Nc3ccccc3)n(Cc3ccc(-c4cccc(F)n4)cc3)cc2c(=O)n1C. The van der Waals surface area contributed by atoms with Gasteiger partial charge in [0.2, 0.25) is 11.9 Å². The van der Waals surface area contributed by atoms with E-state index in [0.717, 1.165) is 29.1 Å². The highest BCUT2D eigenvalue weighted by Gasteiger charge is 2.25. The Morgan fingerprint density at radius 3 is 2.49 bits per heavy atom. The van der Waals surface area contributed by atoms with Gasteiger partial charge < -0.3 is 15.2 Å². The molecule has 3 heterocycles. The van der Waals surface area contributed by atoms with Gasteiger partial charge in [0.15, 0.2) is 0 Å². The summed E-state index contributed by atoms with van der Waals surface area (Å²) in [6.45, 7) is 2.77. The lowest BCUT2D eigenvalue weighted by molar-refractivity contribution is 0.549. The summed E-state index contributed by atoms with van der Waals surface area (Å²) in [6, 6.07) is 22.8. The molecule has 0 aliphatic heterocycles. The van der Waals surface area contributed by atoms with Crippen LogP contribution in [0.25, 0.3) is 22.2 Å². The van der Waals surface area contributed by atoms with Crippen LogP contribution in [-0.2, 0) is 13.6 Å². The molecule has 2 aromatic carbocycles. The highest BCUT2D eigenvalue weighted by atomic mass is 19.1. The standard InChI is InChI=1S/C31H31FN6O/c1-20-8-6-11-25(20)35-31-36-28-24(30(39)37(31)2)19-38(29(28)33-23-9-4-3-5-10-23)18-21-14-16-22(17-15-21)26-12-7-13-27(32)34-26/h3-5,7,9-10,12-17,19-20,25,33H,6,8,11,18H2,1-2H3,(H,35,36)/t20-,25+/m0/s1. The maximum atomic E-state index is 13.6. The van der Waals surface area contributed by atoms with Gasteiger partial charge in [0, 0.05) is 37.1 Å². The summed E-state index contributed by atoms with van der Waals surface area (Å²) >= 11 is 0. The van der Waals surface area contributed by atoms with E-state index in [0.29, 0.717) is 41.0 Å². The van der Waals surface area contributed by atoms with Crippen LogP contribution in [0.3, 0.4) is 0 Å². The second-order valence-corrected chi connectivity index (χ2v) is 10.4. The number of benzene rings is 2. The number of nitrogens with zero attached hydrogens (tertiary/aromatic N) is 4. The zero-order valence-corrected chi connectivity index (χ0v) is 22.1. The maximum Gasteiger partial charge on any atom is 0.264 e. The molecule has 2 N–H and O–H groups in total. The topological polar surface area (TPSA) is 76.8 Å². The van der Waals surface area contributed by atoms with E-state index in [2.05, 4.69) is 22.5 Å². The van der Waals surface area contributed by atoms with Crippen LogP contribution in [0, 0.1) is 11.9 Å². The molecule has 0 spiro atoms. The van der Waals surface area contributed by atoms with E-state index in [1.54, 1.807) is 23.7 Å². The molecule has 0 saturated heterocycles. The first-order valence-electron chi connectivity index (χ1n) is 13.4. The number of anilines is 3. The lowest BCUT2D eigenvalue weighted by Crippen LogP contribution is -2.28. The molecule has 1 aliphatic carbocycles. The van der Waals surface area contributed by atoms with Crippen molar-refractivity contribution in [3.8, 4) is 11.3 Å². The van der Waals surface area contributed by atoms with Crippen LogP contribution in [0.1, 0.15) is 31.7 Å². The Bertz CT molecular complexity index is 1680. The quantitative estimate of drug-likeness (QED) is 0.244. The Morgan fingerprint density at radius 1 is 0.974 bits per heavy atom. The van der Waals surface area contributed by atoms with Gasteiger partial charge in [-0.3, -0.25) is 9.36 Å². The van der Waals surface area contributed by atoms with Crippen LogP contribution in [0.4, 0.5) is 21.8 Å². The molecule has 6 rings (SSSR count). The maximum absolute atomic E-state index is 13.6. The molecule has 198 valence electrons. The van der Waals surface area contributed by atoms with Gasteiger partial charge in [-0.2, -0.15) is 4.39 Å². The Balaban J connectivity index is 1.39. The van der Waals surface area contributed by atoms with E-state index in [4.69, 9.17) is 4.98 Å². The summed E-state index contributed by atoms with van der Waals surface area (Å²) in [4.78, 5) is 22.5. The third-order valence-corrected chi connectivity index (χ3v) is 7.65. The molecule has 1 aliphatic rings. The van der Waals surface area contributed by atoms with E-state index in [1.807, 2.05) is 65.4 Å². The van der Waals surface area contributed by atoms with Crippen molar-refractivity contribution in [2.75, 3.05) is 10.6 Å². The number of halogens is 1. The van der Waals surface area contributed by atoms with Crippen molar-refractivity contribution >= 4 is 28.4 Å². The van der Waals surface area contributed by atoms with Crippen LogP contribution in [0.15, 0.2) is 83.8 Å². The molecule has 1 saturated carbocycles. The van der Waals surface area contributed by atoms with Crippen molar-refractivity contribution in [1.82, 2.24) is 19.1 Å². The average molecular weight is 523 g/mol. The Morgan fingerprint density at radius 2 is 1.77 bits per heavy atom. The highest BCUT2D eigenvalue weighted by molar-refractivity contribution is 5.92. The van der Waals surface area contributed by atoms with Gasteiger partial charge in [0.05, 0.1) is 11.1 Å². The van der Waals surface area contributed by atoms with Crippen LogP contribution in [-0.4, -0.2) is 25.1 Å². The smallest absolute Gasteiger partial charge is 0.264 e. The molecule has 0 unspecified atom stereocenters. The molecule has 2 atom stereocenters. The zero-order valence-electron chi connectivity index (χ0n) is 22.1. The number of rotatable bonds is 7. The number of aromatic nitrogens is 4. The van der Waals surface area contributed by atoms with E-state index >= 15 is 0 Å². The number of para-hydroxylation sites is 1. The minimum atomic E-state index is -0.502. The van der Waals surface area contributed by atoms with E-state index in [1.165, 1.54) is 18.9 Å².